The Morgan fingerprint density at radius 1 is 0.844 bits per heavy atom. The van der Waals surface area contributed by atoms with Gasteiger partial charge in [-0.2, -0.15) is 0 Å². The highest BCUT2D eigenvalue weighted by molar-refractivity contribution is 5.70. The number of nitrogens with zero attached hydrogens (tertiary/aromatic N) is 1. The first-order valence-corrected chi connectivity index (χ1v) is 11.1. The molecule has 1 aliphatic heterocycles. The summed E-state index contributed by atoms with van der Waals surface area (Å²) < 4.78 is 11.7. The Bertz CT molecular complexity index is 982. The summed E-state index contributed by atoms with van der Waals surface area (Å²) in [6.07, 6.45) is -0.351. The molecule has 0 unspecified atom stereocenters. The quantitative estimate of drug-likeness (QED) is 0.577. The van der Waals surface area contributed by atoms with Gasteiger partial charge in [-0.25, -0.2) is 4.79 Å². The van der Waals surface area contributed by atoms with Gasteiger partial charge in [-0.3, -0.25) is 4.90 Å². The van der Waals surface area contributed by atoms with E-state index in [0.29, 0.717) is 13.2 Å². The number of likely N-dealkylation sites (tertiary alicyclic amines) is 1. The van der Waals surface area contributed by atoms with Gasteiger partial charge in [0.05, 0.1) is 19.3 Å². The molecule has 1 heterocycles. The Labute approximate surface area is 189 Å². The van der Waals surface area contributed by atoms with Crippen LogP contribution in [0.1, 0.15) is 29.7 Å². The highest BCUT2D eigenvalue weighted by atomic mass is 16.6. The molecule has 5 nitrogen and oxygen atoms in total. The molecule has 0 saturated carbocycles. The Kier molecular flexibility index (Phi) is 7.20. The van der Waals surface area contributed by atoms with E-state index in [1.807, 2.05) is 97.9 Å². The summed E-state index contributed by atoms with van der Waals surface area (Å²) >= 11 is 0. The molecule has 166 valence electrons. The highest BCUT2D eigenvalue weighted by Crippen LogP contribution is 2.40. The number of benzene rings is 3. The fraction of sp³-hybridized carbons (Fsp3) is 0.296. The average molecular weight is 431 g/mol. The number of amides is 1. The first-order chi connectivity index (χ1) is 15.6. The molecule has 0 radical (unpaired) electrons. The molecule has 3 aromatic rings. The number of carbonyl (C=O) groups excluding carboxylic acids is 1. The summed E-state index contributed by atoms with van der Waals surface area (Å²) in [6, 6.07) is 29.1. The summed E-state index contributed by atoms with van der Waals surface area (Å²) in [5.41, 5.74) is 9.81. The minimum Gasteiger partial charge on any atom is -0.445 e. The standard InChI is InChI=1S/C27H30N2O3/c1-20-24(19-31-17-21-11-5-2-6-12-21)25(28)26(23-15-9-4-10-16-23)29(20)27(30)32-18-22-13-7-3-8-14-22/h2-16,20,24-26H,17-19,28H2,1H3/t20-,24-,25+,26-/m0/s1. The van der Waals surface area contributed by atoms with Crippen molar-refractivity contribution in [2.75, 3.05) is 6.61 Å². The molecule has 0 aromatic heterocycles. The molecule has 3 aromatic carbocycles. The van der Waals surface area contributed by atoms with Gasteiger partial charge in [-0.05, 0) is 23.6 Å². The molecule has 0 aliphatic carbocycles. The molecule has 1 saturated heterocycles. The first-order valence-electron chi connectivity index (χ1n) is 11.1. The van der Waals surface area contributed by atoms with Crippen molar-refractivity contribution < 1.29 is 14.3 Å². The lowest BCUT2D eigenvalue weighted by Gasteiger charge is -2.29. The predicted octanol–water partition coefficient (Wildman–Crippen LogP) is 4.93. The Morgan fingerprint density at radius 3 is 1.97 bits per heavy atom. The molecule has 5 heteroatoms. The minimum atomic E-state index is -0.351. The molecule has 1 amide bonds. The lowest BCUT2D eigenvalue weighted by Crippen LogP contribution is -2.39. The number of nitrogens with two attached hydrogens (primary N) is 1. The van der Waals surface area contributed by atoms with E-state index in [9.17, 15) is 4.79 Å². The normalized spacial score (nSPS) is 22.6. The summed E-state index contributed by atoms with van der Waals surface area (Å²) in [7, 11) is 0. The minimum absolute atomic E-state index is 0.00630. The van der Waals surface area contributed by atoms with E-state index in [-0.39, 0.29) is 36.7 Å². The van der Waals surface area contributed by atoms with Crippen LogP contribution in [0.4, 0.5) is 4.79 Å². The van der Waals surface area contributed by atoms with Crippen molar-refractivity contribution in [2.45, 2.75) is 38.3 Å². The van der Waals surface area contributed by atoms with Gasteiger partial charge in [-0.1, -0.05) is 91.0 Å². The molecule has 1 aliphatic rings. The van der Waals surface area contributed by atoms with E-state index in [0.717, 1.165) is 16.7 Å². The molecular formula is C27H30N2O3. The van der Waals surface area contributed by atoms with Crippen LogP contribution >= 0.6 is 0 Å². The van der Waals surface area contributed by atoms with E-state index in [1.165, 1.54) is 0 Å². The Morgan fingerprint density at radius 2 is 1.38 bits per heavy atom. The predicted molar refractivity (Wildman–Crippen MR) is 125 cm³/mol. The fourth-order valence-electron chi connectivity index (χ4n) is 4.44. The summed E-state index contributed by atoms with van der Waals surface area (Å²) in [6.45, 7) is 3.26. The first kappa shape index (κ1) is 22.1. The van der Waals surface area contributed by atoms with Crippen LogP contribution in [0.5, 0.6) is 0 Å². The maximum Gasteiger partial charge on any atom is 0.410 e. The molecule has 4 rings (SSSR count). The van der Waals surface area contributed by atoms with Crippen LogP contribution in [0.15, 0.2) is 91.0 Å². The van der Waals surface area contributed by atoms with Gasteiger partial charge < -0.3 is 15.2 Å². The zero-order valence-corrected chi connectivity index (χ0v) is 18.3. The van der Waals surface area contributed by atoms with Gasteiger partial charge in [0, 0.05) is 18.0 Å². The lowest BCUT2D eigenvalue weighted by atomic mass is 9.92. The van der Waals surface area contributed by atoms with Crippen molar-refractivity contribution in [1.82, 2.24) is 4.90 Å². The summed E-state index contributed by atoms with van der Waals surface area (Å²) in [5, 5.41) is 0. The van der Waals surface area contributed by atoms with Gasteiger partial charge in [0.2, 0.25) is 0 Å². The fourth-order valence-corrected chi connectivity index (χ4v) is 4.44. The number of hydrogen-bond acceptors (Lipinski definition) is 4. The van der Waals surface area contributed by atoms with Crippen LogP contribution in [0, 0.1) is 5.92 Å². The van der Waals surface area contributed by atoms with E-state index in [1.54, 1.807) is 4.90 Å². The van der Waals surface area contributed by atoms with E-state index in [4.69, 9.17) is 15.2 Å². The van der Waals surface area contributed by atoms with Crippen LogP contribution in [0.3, 0.4) is 0 Å². The molecule has 2 N–H and O–H groups in total. The highest BCUT2D eigenvalue weighted by Gasteiger charge is 2.48. The lowest BCUT2D eigenvalue weighted by molar-refractivity contribution is 0.0594. The second kappa shape index (κ2) is 10.4. The molecule has 1 fully saturated rings. The monoisotopic (exact) mass is 430 g/mol. The van der Waals surface area contributed by atoms with E-state index < -0.39 is 0 Å². The van der Waals surface area contributed by atoms with E-state index >= 15 is 0 Å². The smallest absolute Gasteiger partial charge is 0.410 e. The Balaban J connectivity index is 1.48. The molecular weight excluding hydrogens is 400 g/mol. The van der Waals surface area contributed by atoms with Crippen molar-refractivity contribution in [1.29, 1.82) is 0 Å². The van der Waals surface area contributed by atoms with Crippen LogP contribution in [-0.4, -0.2) is 29.7 Å². The zero-order chi connectivity index (χ0) is 22.3. The number of hydrogen-bond donors (Lipinski definition) is 1. The van der Waals surface area contributed by atoms with Crippen LogP contribution in [-0.2, 0) is 22.7 Å². The van der Waals surface area contributed by atoms with Crippen LogP contribution < -0.4 is 5.73 Å². The van der Waals surface area contributed by atoms with Crippen molar-refractivity contribution in [3.63, 3.8) is 0 Å². The second-order valence-corrected chi connectivity index (χ2v) is 8.29. The third kappa shape index (κ3) is 5.01. The SMILES string of the molecule is C[C@H]1[C@H](COCc2ccccc2)[C@@H](N)[C@H](c2ccccc2)N1C(=O)OCc1ccccc1. The van der Waals surface area contributed by atoms with Crippen molar-refractivity contribution >= 4 is 6.09 Å². The Hall–Kier alpha value is -3.15. The topological polar surface area (TPSA) is 64.8 Å². The van der Waals surface area contributed by atoms with Crippen LogP contribution in [0.25, 0.3) is 0 Å². The number of rotatable bonds is 7. The maximum atomic E-state index is 13.2. The summed E-state index contributed by atoms with van der Waals surface area (Å²) in [5.74, 6) is -0.00630. The van der Waals surface area contributed by atoms with Crippen molar-refractivity contribution in [3.8, 4) is 0 Å². The maximum absolute atomic E-state index is 13.2. The largest absolute Gasteiger partial charge is 0.445 e. The second-order valence-electron chi connectivity index (χ2n) is 8.29. The molecule has 32 heavy (non-hydrogen) atoms. The zero-order valence-electron chi connectivity index (χ0n) is 18.3. The van der Waals surface area contributed by atoms with Gasteiger partial charge in [-0.15, -0.1) is 0 Å². The van der Waals surface area contributed by atoms with Crippen LogP contribution in [0.2, 0.25) is 0 Å². The van der Waals surface area contributed by atoms with Crippen molar-refractivity contribution in [3.05, 3.63) is 108 Å². The van der Waals surface area contributed by atoms with Gasteiger partial charge in [0.1, 0.15) is 6.61 Å². The number of carbonyl (C=O) groups is 1. The average Bonchev–Trinajstić information content (AvgIpc) is 3.09. The summed E-state index contributed by atoms with van der Waals surface area (Å²) in [4.78, 5) is 15.0. The van der Waals surface area contributed by atoms with Gasteiger partial charge in [0.25, 0.3) is 0 Å². The molecule has 0 spiro atoms. The van der Waals surface area contributed by atoms with Crippen molar-refractivity contribution in [2.24, 2.45) is 11.7 Å². The molecule has 4 atom stereocenters. The third-order valence-corrected chi connectivity index (χ3v) is 6.20. The number of ether oxygens (including phenoxy) is 2. The van der Waals surface area contributed by atoms with Gasteiger partial charge in [0.15, 0.2) is 0 Å². The van der Waals surface area contributed by atoms with Gasteiger partial charge >= 0.3 is 6.09 Å². The third-order valence-electron chi connectivity index (χ3n) is 6.20. The molecule has 0 bridgehead atoms. The van der Waals surface area contributed by atoms with E-state index in [2.05, 4.69) is 0 Å².